The average Bonchev–Trinajstić information content (AvgIpc) is 2.64. The van der Waals surface area contributed by atoms with Crippen molar-refractivity contribution in [2.75, 3.05) is 12.0 Å². The van der Waals surface area contributed by atoms with Crippen molar-refractivity contribution in [3.8, 4) is 0 Å². The van der Waals surface area contributed by atoms with Crippen LogP contribution in [0.25, 0.3) is 0 Å². The van der Waals surface area contributed by atoms with Crippen LogP contribution in [0.2, 0.25) is 0 Å². The van der Waals surface area contributed by atoms with Crippen molar-refractivity contribution in [3.05, 3.63) is 33.2 Å². The predicted molar refractivity (Wildman–Crippen MR) is 60.9 cm³/mol. The molecule has 1 aliphatic heterocycles. The van der Waals surface area contributed by atoms with Crippen molar-refractivity contribution in [1.82, 2.24) is 9.99 Å². The number of aromatic nitrogens is 1. The van der Waals surface area contributed by atoms with E-state index in [-0.39, 0.29) is 11.5 Å². The van der Waals surface area contributed by atoms with Gasteiger partial charge in [-0.1, -0.05) is 0 Å². The Balaban J connectivity index is 2.38. The number of carbonyl (C=O) groups is 1. The number of nitrogens with one attached hydrogen (secondary N) is 2. The van der Waals surface area contributed by atoms with Crippen LogP contribution in [-0.2, 0) is 17.8 Å². The Bertz CT molecular complexity index is 491. The van der Waals surface area contributed by atoms with Crippen molar-refractivity contribution in [1.29, 1.82) is 0 Å². The third kappa shape index (κ3) is 1.80. The fourth-order valence-corrected chi connectivity index (χ4v) is 1.92. The van der Waals surface area contributed by atoms with Crippen molar-refractivity contribution in [2.45, 2.75) is 26.8 Å². The van der Waals surface area contributed by atoms with E-state index in [9.17, 15) is 9.59 Å². The molecule has 16 heavy (non-hydrogen) atoms. The Kier molecular flexibility index (Phi) is 2.68. The standard InChI is InChI=1S/C11H15N3O2/c1-7-5-9-3-4-13-14(9)11(16)10(7)6-12-8(2)15/h5,13H,3-4,6H2,1-2H3,(H,12,15). The molecule has 0 fully saturated rings. The third-order valence-corrected chi connectivity index (χ3v) is 2.77. The molecule has 1 aliphatic rings. The SMILES string of the molecule is CC(=O)NCc1c(C)cc2n(c1=O)NCC2. The lowest BCUT2D eigenvalue weighted by atomic mass is 10.1. The van der Waals surface area contributed by atoms with E-state index in [2.05, 4.69) is 10.7 Å². The van der Waals surface area contributed by atoms with E-state index in [1.165, 1.54) is 6.92 Å². The Morgan fingerprint density at radius 2 is 2.38 bits per heavy atom. The summed E-state index contributed by atoms with van der Waals surface area (Å²) in [4.78, 5) is 22.9. The summed E-state index contributed by atoms with van der Waals surface area (Å²) in [5, 5.41) is 2.65. The Labute approximate surface area is 93.4 Å². The van der Waals surface area contributed by atoms with E-state index in [0.29, 0.717) is 12.1 Å². The Hall–Kier alpha value is -1.78. The van der Waals surface area contributed by atoms with E-state index in [0.717, 1.165) is 24.2 Å². The van der Waals surface area contributed by atoms with E-state index in [1.54, 1.807) is 4.68 Å². The van der Waals surface area contributed by atoms with Crippen LogP contribution in [0, 0.1) is 6.92 Å². The number of aryl methyl sites for hydroxylation is 1. The summed E-state index contributed by atoms with van der Waals surface area (Å²) in [6.07, 6.45) is 0.872. The Morgan fingerprint density at radius 1 is 1.62 bits per heavy atom. The second-order valence-electron chi connectivity index (χ2n) is 4.01. The topological polar surface area (TPSA) is 63.1 Å². The first-order chi connectivity index (χ1) is 7.59. The van der Waals surface area contributed by atoms with E-state index >= 15 is 0 Å². The number of hydrogen-bond acceptors (Lipinski definition) is 3. The fourth-order valence-electron chi connectivity index (χ4n) is 1.92. The first-order valence-electron chi connectivity index (χ1n) is 5.32. The zero-order chi connectivity index (χ0) is 11.7. The van der Waals surface area contributed by atoms with Gasteiger partial charge in [-0.25, -0.2) is 4.68 Å². The molecular weight excluding hydrogens is 206 g/mol. The molecule has 0 aromatic carbocycles. The summed E-state index contributed by atoms with van der Waals surface area (Å²) in [5.41, 5.74) is 5.55. The maximum Gasteiger partial charge on any atom is 0.274 e. The van der Waals surface area contributed by atoms with Gasteiger partial charge in [-0.15, -0.1) is 0 Å². The highest BCUT2D eigenvalue weighted by Crippen LogP contribution is 2.09. The largest absolute Gasteiger partial charge is 0.352 e. The predicted octanol–water partition coefficient (Wildman–Crippen LogP) is -0.108. The van der Waals surface area contributed by atoms with Crippen LogP contribution in [-0.4, -0.2) is 17.1 Å². The summed E-state index contributed by atoms with van der Waals surface area (Å²) in [7, 11) is 0. The molecule has 1 aromatic rings. The molecule has 0 saturated heterocycles. The molecule has 2 heterocycles. The van der Waals surface area contributed by atoms with Crippen LogP contribution < -0.4 is 16.3 Å². The van der Waals surface area contributed by atoms with Crippen LogP contribution in [0.3, 0.4) is 0 Å². The molecule has 0 atom stereocenters. The molecule has 0 bridgehead atoms. The number of carbonyl (C=O) groups excluding carboxylic acids is 1. The number of fused-ring (bicyclic) bond motifs is 1. The van der Waals surface area contributed by atoms with Gasteiger partial charge in [0.2, 0.25) is 5.91 Å². The first-order valence-corrected chi connectivity index (χ1v) is 5.32. The lowest BCUT2D eigenvalue weighted by Gasteiger charge is -2.10. The van der Waals surface area contributed by atoms with Crippen molar-refractivity contribution >= 4 is 5.91 Å². The summed E-state index contributed by atoms with van der Waals surface area (Å²) in [6.45, 7) is 4.43. The molecule has 0 radical (unpaired) electrons. The number of pyridine rings is 1. The molecule has 0 unspecified atom stereocenters. The lowest BCUT2D eigenvalue weighted by Crippen LogP contribution is -2.32. The van der Waals surface area contributed by atoms with Crippen LogP contribution in [0.5, 0.6) is 0 Å². The zero-order valence-electron chi connectivity index (χ0n) is 9.46. The van der Waals surface area contributed by atoms with Crippen LogP contribution in [0.15, 0.2) is 10.9 Å². The van der Waals surface area contributed by atoms with Gasteiger partial charge in [0.1, 0.15) is 0 Å². The van der Waals surface area contributed by atoms with Gasteiger partial charge in [0.15, 0.2) is 0 Å². The van der Waals surface area contributed by atoms with Crippen molar-refractivity contribution < 1.29 is 4.79 Å². The highest BCUT2D eigenvalue weighted by molar-refractivity contribution is 5.72. The summed E-state index contributed by atoms with van der Waals surface area (Å²) in [6, 6.07) is 2.00. The molecule has 0 saturated carbocycles. The van der Waals surface area contributed by atoms with E-state index in [4.69, 9.17) is 0 Å². The van der Waals surface area contributed by atoms with Crippen molar-refractivity contribution in [3.63, 3.8) is 0 Å². The maximum absolute atomic E-state index is 12.0. The van der Waals surface area contributed by atoms with E-state index in [1.807, 2.05) is 13.0 Å². The minimum atomic E-state index is -0.128. The molecule has 2 N–H and O–H groups in total. The number of nitrogens with zero attached hydrogens (tertiary/aromatic N) is 1. The van der Waals surface area contributed by atoms with Crippen LogP contribution in [0.1, 0.15) is 23.7 Å². The van der Waals surface area contributed by atoms with Gasteiger partial charge in [0.25, 0.3) is 5.56 Å². The van der Waals surface area contributed by atoms with Gasteiger partial charge in [-0.3, -0.25) is 9.59 Å². The average molecular weight is 221 g/mol. The number of hydrogen-bond donors (Lipinski definition) is 2. The normalized spacial score (nSPS) is 13.1. The van der Waals surface area contributed by atoms with E-state index < -0.39 is 0 Å². The van der Waals surface area contributed by atoms with Gasteiger partial charge < -0.3 is 10.7 Å². The minimum Gasteiger partial charge on any atom is -0.352 e. The lowest BCUT2D eigenvalue weighted by molar-refractivity contribution is -0.119. The van der Waals surface area contributed by atoms with Crippen LogP contribution >= 0.6 is 0 Å². The van der Waals surface area contributed by atoms with Crippen molar-refractivity contribution in [2.24, 2.45) is 0 Å². The minimum absolute atomic E-state index is 0.0544. The third-order valence-electron chi connectivity index (χ3n) is 2.77. The van der Waals surface area contributed by atoms with Gasteiger partial charge >= 0.3 is 0 Å². The summed E-state index contributed by atoms with van der Waals surface area (Å²) >= 11 is 0. The molecular formula is C11H15N3O2. The second kappa shape index (κ2) is 4.00. The van der Waals surface area contributed by atoms with Gasteiger partial charge in [0, 0.05) is 37.7 Å². The number of rotatable bonds is 2. The summed E-state index contributed by atoms with van der Waals surface area (Å²) in [5.74, 6) is -0.128. The molecule has 0 aliphatic carbocycles. The molecule has 1 aromatic heterocycles. The first kappa shape index (κ1) is 10.7. The molecule has 1 amide bonds. The van der Waals surface area contributed by atoms with Crippen LogP contribution in [0.4, 0.5) is 0 Å². The Morgan fingerprint density at radius 3 is 3.06 bits per heavy atom. The van der Waals surface area contributed by atoms with Gasteiger partial charge in [-0.05, 0) is 18.6 Å². The molecule has 5 nitrogen and oxygen atoms in total. The maximum atomic E-state index is 12.0. The molecule has 86 valence electrons. The monoisotopic (exact) mass is 221 g/mol. The smallest absolute Gasteiger partial charge is 0.274 e. The number of amides is 1. The van der Waals surface area contributed by atoms with Gasteiger partial charge in [0.05, 0.1) is 0 Å². The molecule has 2 rings (SSSR count). The highest BCUT2D eigenvalue weighted by Gasteiger charge is 2.16. The quantitative estimate of drug-likeness (QED) is 0.732. The second-order valence-corrected chi connectivity index (χ2v) is 4.01. The summed E-state index contributed by atoms with van der Waals surface area (Å²) < 4.78 is 1.57. The zero-order valence-corrected chi connectivity index (χ0v) is 9.46. The van der Waals surface area contributed by atoms with Gasteiger partial charge in [-0.2, -0.15) is 0 Å². The molecule has 5 heteroatoms. The molecule has 0 spiro atoms. The highest BCUT2D eigenvalue weighted by atomic mass is 16.1. The fraction of sp³-hybridized carbons (Fsp3) is 0.455.